The van der Waals surface area contributed by atoms with Crippen LogP contribution in [0.15, 0.2) is 18.2 Å². The lowest BCUT2D eigenvalue weighted by molar-refractivity contribution is 0.0692. The van der Waals surface area contributed by atoms with E-state index in [-0.39, 0.29) is 17.8 Å². The fraction of sp³-hybridized carbons (Fsp3) is 0.429. The van der Waals surface area contributed by atoms with E-state index in [1.54, 1.807) is 4.90 Å². The smallest absolute Gasteiger partial charge is 0.338 e. The molecule has 0 saturated carbocycles. The summed E-state index contributed by atoms with van der Waals surface area (Å²) in [6.07, 6.45) is 0.813. The van der Waals surface area contributed by atoms with Gasteiger partial charge in [-0.05, 0) is 38.5 Å². The molecular formula is C14H19FN2O3. The maximum absolute atomic E-state index is 13.5. The van der Waals surface area contributed by atoms with Crippen LogP contribution in [0.4, 0.5) is 14.9 Å². The molecule has 0 spiro atoms. The molecule has 1 aromatic carbocycles. The third kappa shape index (κ3) is 3.69. The van der Waals surface area contributed by atoms with E-state index in [0.29, 0.717) is 6.54 Å². The van der Waals surface area contributed by atoms with Crippen LogP contribution in [0.3, 0.4) is 0 Å². The first kappa shape index (κ1) is 15.9. The summed E-state index contributed by atoms with van der Waals surface area (Å²) in [6, 6.07) is 3.25. The second kappa shape index (κ2) is 6.88. The molecule has 0 aromatic heterocycles. The zero-order valence-corrected chi connectivity index (χ0v) is 11.8. The van der Waals surface area contributed by atoms with E-state index >= 15 is 0 Å². The van der Waals surface area contributed by atoms with Crippen molar-refractivity contribution in [3.8, 4) is 0 Å². The lowest BCUT2D eigenvalue weighted by Gasteiger charge is -2.27. The molecule has 1 rings (SSSR count). The van der Waals surface area contributed by atoms with Crippen molar-refractivity contribution in [1.29, 1.82) is 0 Å². The number of rotatable bonds is 5. The molecule has 6 heteroatoms. The topological polar surface area (TPSA) is 69.6 Å². The number of carbonyl (C=O) groups excluding carboxylic acids is 1. The highest BCUT2D eigenvalue weighted by Gasteiger charge is 2.18. The van der Waals surface area contributed by atoms with E-state index in [1.807, 2.05) is 20.8 Å². The summed E-state index contributed by atoms with van der Waals surface area (Å²) < 4.78 is 13.5. The van der Waals surface area contributed by atoms with Crippen LogP contribution in [0, 0.1) is 5.82 Å². The van der Waals surface area contributed by atoms with Gasteiger partial charge in [-0.3, -0.25) is 0 Å². The van der Waals surface area contributed by atoms with Crippen LogP contribution in [0.1, 0.15) is 37.6 Å². The summed E-state index contributed by atoms with van der Waals surface area (Å²) in [4.78, 5) is 24.4. The van der Waals surface area contributed by atoms with Gasteiger partial charge in [0.05, 0.1) is 5.56 Å². The minimum Gasteiger partial charge on any atom is -0.478 e. The van der Waals surface area contributed by atoms with Crippen LogP contribution in [-0.2, 0) is 0 Å². The second-order valence-corrected chi connectivity index (χ2v) is 4.47. The number of hydrogen-bond donors (Lipinski definition) is 2. The largest absolute Gasteiger partial charge is 0.478 e. The Kier molecular flexibility index (Phi) is 5.49. The highest BCUT2D eigenvalue weighted by atomic mass is 19.1. The van der Waals surface area contributed by atoms with Crippen molar-refractivity contribution in [2.45, 2.75) is 33.2 Å². The molecule has 0 aliphatic carbocycles. The van der Waals surface area contributed by atoms with Gasteiger partial charge in [-0.1, -0.05) is 6.92 Å². The number of anilines is 1. The molecule has 1 aromatic rings. The van der Waals surface area contributed by atoms with Crippen molar-refractivity contribution in [1.82, 2.24) is 4.90 Å². The van der Waals surface area contributed by atoms with Gasteiger partial charge in [0.1, 0.15) is 5.82 Å². The number of nitrogens with one attached hydrogen (secondary N) is 1. The average molecular weight is 282 g/mol. The molecule has 2 amide bonds. The lowest BCUT2D eigenvalue weighted by atomic mass is 10.2. The summed E-state index contributed by atoms with van der Waals surface area (Å²) in [7, 11) is 0. The predicted molar refractivity (Wildman–Crippen MR) is 74.5 cm³/mol. The van der Waals surface area contributed by atoms with E-state index in [1.165, 1.54) is 6.07 Å². The first-order chi connectivity index (χ1) is 9.40. The van der Waals surface area contributed by atoms with Gasteiger partial charge < -0.3 is 15.3 Å². The normalized spacial score (nSPS) is 11.8. The van der Waals surface area contributed by atoms with E-state index in [0.717, 1.165) is 18.6 Å². The maximum Gasteiger partial charge on any atom is 0.338 e. The van der Waals surface area contributed by atoms with E-state index in [4.69, 9.17) is 5.11 Å². The number of urea groups is 1. The highest BCUT2D eigenvalue weighted by molar-refractivity contribution is 5.92. The molecule has 0 fully saturated rings. The van der Waals surface area contributed by atoms with E-state index < -0.39 is 17.3 Å². The minimum absolute atomic E-state index is 0.0724. The summed E-state index contributed by atoms with van der Waals surface area (Å²) in [5.74, 6) is -2.21. The van der Waals surface area contributed by atoms with Gasteiger partial charge in [-0.15, -0.1) is 0 Å². The number of aromatic carboxylic acids is 1. The third-order valence-electron chi connectivity index (χ3n) is 3.18. The van der Waals surface area contributed by atoms with Crippen molar-refractivity contribution < 1.29 is 19.1 Å². The standard InChI is InChI=1S/C14H19FN2O3/c1-4-9(3)17(5-2)14(20)16-10-6-7-11(13(18)19)12(15)8-10/h6-9H,4-5H2,1-3H3,(H,16,20)(H,18,19). The number of carboxylic acid groups (broad SMARTS) is 1. The van der Waals surface area contributed by atoms with E-state index in [9.17, 15) is 14.0 Å². The molecule has 0 heterocycles. The van der Waals surface area contributed by atoms with Gasteiger partial charge in [-0.25, -0.2) is 14.0 Å². The lowest BCUT2D eigenvalue weighted by Crippen LogP contribution is -2.41. The molecule has 1 atom stereocenters. The van der Waals surface area contributed by atoms with Gasteiger partial charge in [-0.2, -0.15) is 0 Å². The summed E-state index contributed by atoms with van der Waals surface area (Å²) in [5, 5.41) is 11.3. The van der Waals surface area contributed by atoms with Crippen molar-refractivity contribution >= 4 is 17.7 Å². The number of carbonyl (C=O) groups is 2. The van der Waals surface area contributed by atoms with Crippen LogP contribution in [0.25, 0.3) is 0 Å². The first-order valence-corrected chi connectivity index (χ1v) is 6.51. The van der Waals surface area contributed by atoms with Crippen LogP contribution in [-0.4, -0.2) is 34.6 Å². The summed E-state index contributed by atoms with van der Waals surface area (Å²) in [5.41, 5.74) is -0.184. The van der Waals surface area contributed by atoms with Crippen LogP contribution >= 0.6 is 0 Å². The molecular weight excluding hydrogens is 263 g/mol. The van der Waals surface area contributed by atoms with Crippen LogP contribution in [0.5, 0.6) is 0 Å². The average Bonchev–Trinajstić information content (AvgIpc) is 2.38. The number of carboxylic acids is 1. The molecule has 0 radical (unpaired) electrons. The third-order valence-corrected chi connectivity index (χ3v) is 3.18. The van der Waals surface area contributed by atoms with Crippen LogP contribution < -0.4 is 5.32 Å². The van der Waals surface area contributed by atoms with Crippen molar-refractivity contribution in [3.05, 3.63) is 29.6 Å². The molecule has 0 bridgehead atoms. The van der Waals surface area contributed by atoms with Gasteiger partial charge in [0.25, 0.3) is 0 Å². The minimum atomic E-state index is -1.34. The molecule has 2 N–H and O–H groups in total. The number of amides is 2. The van der Waals surface area contributed by atoms with Gasteiger partial charge in [0.2, 0.25) is 0 Å². The maximum atomic E-state index is 13.5. The Hall–Kier alpha value is -2.11. The van der Waals surface area contributed by atoms with Crippen LogP contribution in [0.2, 0.25) is 0 Å². The number of benzene rings is 1. The van der Waals surface area contributed by atoms with Gasteiger partial charge in [0, 0.05) is 18.3 Å². The van der Waals surface area contributed by atoms with E-state index in [2.05, 4.69) is 5.32 Å². The van der Waals surface area contributed by atoms with Gasteiger partial charge in [0.15, 0.2) is 0 Å². The Morgan fingerprint density at radius 1 is 1.40 bits per heavy atom. The summed E-state index contributed by atoms with van der Waals surface area (Å²) >= 11 is 0. The molecule has 1 unspecified atom stereocenters. The molecule has 20 heavy (non-hydrogen) atoms. The van der Waals surface area contributed by atoms with Crippen molar-refractivity contribution in [3.63, 3.8) is 0 Å². The first-order valence-electron chi connectivity index (χ1n) is 6.51. The quantitative estimate of drug-likeness (QED) is 0.871. The van der Waals surface area contributed by atoms with Crippen molar-refractivity contribution in [2.75, 3.05) is 11.9 Å². The SMILES string of the molecule is CCC(C)N(CC)C(=O)Nc1ccc(C(=O)O)c(F)c1. The Morgan fingerprint density at radius 3 is 2.50 bits per heavy atom. The zero-order valence-electron chi connectivity index (χ0n) is 11.8. The Labute approximate surface area is 117 Å². The Bertz CT molecular complexity index is 505. The van der Waals surface area contributed by atoms with Crippen molar-refractivity contribution in [2.24, 2.45) is 0 Å². The highest BCUT2D eigenvalue weighted by Crippen LogP contribution is 2.16. The fourth-order valence-electron chi connectivity index (χ4n) is 1.84. The Balaban J connectivity index is 2.85. The molecule has 0 aliphatic rings. The second-order valence-electron chi connectivity index (χ2n) is 4.47. The number of nitrogens with zero attached hydrogens (tertiary/aromatic N) is 1. The van der Waals surface area contributed by atoms with Gasteiger partial charge >= 0.3 is 12.0 Å². The number of hydrogen-bond acceptors (Lipinski definition) is 2. The summed E-state index contributed by atoms with van der Waals surface area (Å²) in [6.45, 7) is 6.30. The zero-order chi connectivity index (χ0) is 15.3. The number of halogens is 1. The molecule has 0 aliphatic heterocycles. The molecule has 0 saturated heterocycles. The monoisotopic (exact) mass is 282 g/mol. The Morgan fingerprint density at radius 2 is 2.05 bits per heavy atom. The predicted octanol–water partition coefficient (Wildman–Crippen LogP) is 3.18. The molecule has 5 nitrogen and oxygen atoms in total. The fourth-order valence-corrected chi connectivity index (χ4v) is 1.84. The molecule has 110 valence electrons.